The number of allylic oxidation sites excluding steroid dienone is 2. The number of nitrogens with one attached hydrogen (secondary N) is 2. The van der Waals surface area contributed by atoms with E-state index in [1.807, 2.05) is 0 Å². The maximum atomic E-state index is 4.90. The van der Waals surface area contributed by atoms with Gasteiger partial charge in [-0.25, -0.2) is 4.99 Å². The summed E-state index contributed by atoms with van der Waals surface area (Å²) in [5, 5.41) is 7.09. The third kappa shape index (κ3) is 2.91. The molecule has 0 aromatic carbocycles. The quantitative estimate of drug-likeness (QED) is 0.816. The van der Waals surface area contributed by atoms with Gasteiger partial charge in [0.1, 0.15) is 5.82 Å². The molecule has 1 aliphatic carbocycles. The summed E-state index contributed by atoms with van der Waals surface area (Å²) >= 11 is 0. The van der Waals surface area contributed by atoms with Crippen LogP contribution in [-0.2, 0) is 0 Å². The van der Waals surface area contributed by atoms with Gasteiger partial charge in [-0.1, -0.05) is 19.9 Å². The standard InChI is InChI=1S/C17H26N4/c1-11(2)16-10-21(6-5-18-16)17-9-19-14-7-12(3)13(4)8-15(14)20-17/h7-9,11,14,16,18-19H,5-6,10H2,1-4H3. The molecule has 1 saturated heterocycles. The van der Waals surface area contributed by atoms with Crippen LogP contribution in [-0.4, -0.2) is 42.3 Å². The molecule has 2 atom stereocenters. The summed E-state index contributed by atoms with van der Waals surface area (Å²) in [6.45, 7) is 12.0. The van der Waals surface area contributed by atoms with Gasteiger partial charge in [-0.3, -0.25) is 0 Å². The maximum Gasteiger partial charge on any atom is 0.144 e. The minimum Gasteiger partial charge on any atom is -0.376 e. The van der Waals surface area contributed by atoms with Crippen LogP contribution in [0.2, 0.25) is 0 Å². The highest BCUT2D eigenvalue weighted by Gasteiger charge is 2.26. The number of hydrogen-bond donors (Lipinski definition) is 2. The molecule has 0 aromatic rings. The Kier molecular flexibility index (Phi) is 3.89. The highest BCUT2D eigenvalue weighted by Crippen LogP contribution is 2.22. The average Bonchev–Trinajstić information content (AvgIpc) is 2.48. The van der Waals surface area contributed by atoms with Gasteiger partial charge in [0.15, 0.2) is 0 Å². The second-order valence-electron chi connectivity index (χ2n) is 6.61. The van der Waals surface area contributed by atoms with Gasteiger partial charge < -0.3 is 15.5 Å². The van der Waals surface area contributed by atoms with Crippen LogP contribution < -0.4 is 10.6 Å². The van der Waals surface area contributed by atoms with Crippen LogP contribution in [0.3, 0.4) is 0 Å². The van der Waals surface area contributed by atoms with Gasteiger partial charge in [-0.15, -0.1) is 0 Å². The summed E-state index contributed by atoms with van der Waals surface area (Å²) in [6, 6.07) is 0.782. The number of aliphatic imine (C=N–C) groups is 1. The molecule has 2 unspecified atom stereocenters. The number of hydrogen-bond acceptors (Lipinski definition) is 4. The van der Waals surface area contributed by atoms with Crippen molar-refractivity contribution in [1.82, 2.24) is 15.5 Å². The van der Waals surface area contributed by atoms with E-state index < -0.39 is 0 Å². The normalized spacial score (nSPS) is 29.1. The predicted octanol–water partition coefficient (Wildman–Crippen LogP) is 2.03. The lowest BCUT2D eigenvalue weighted by Gasteiger charge is -2.38. The zero-order valence-corrected chi connectivity index (χ0v) is 13.5. The number of piperazine rings is 1. The fourth-order valence-electron chi connectivity index (χ4n) is 3.05. The zero-order chi connectivity index (χ0) is 15.0. The molecule has 0 bridgehead atoms. The van der Waals surface area contributed by atoms with E-state index in [9.17, 15) is 0 Å². The van der Waals surface area contributed by atoms with Crippen molar-refractivity contribution in [3.8, 4) is 0 Å². The summed E-state index contributed by atoms with van der Waals surface area (Å²) < 4.78 is 0. The molecule has 21 heavy (non-hydrogen) atoms. The molecule has 0 saturated carbocycles. The molecule has 0 radical (unpaired) electrons. The third-order valence-corrected chi connectivity index (χ3v) is 4.69. The van der Waals surface area contributed by atoms with Gasteiger partial charge in [-0.05, 0) is 37.0 Å². The molecular weight excluding hydrogens is 260 g/mol. The molecule has 114 valence electrons. The van der Waals surface area contributed by atoms with Gasteiger partial charge in [0.25, 0.3) is 0 Å². The van der Waals surface area contributed by atoms with Crippen molar-refractivity contribution in [2.24, 2.45) is 10.9 Å². The van der Waals surface area contributed by atoms with Crippen LogP contribution in [0.15, 0.2) is 40.3 Å². The van der Waals surface area contributed by atoms with Gasteiger partial charge in [-0.2, -0.15) is 0 Å². The monoisotopic (exact) mass is 286 g/mol. The molecule has 0 aromatic heterocycles. The van der Waals surface area contributed by atoms with Crippen molar-refractivity contribution in [2.75, 3.05) is 19.6 Å². The van der Waals surface area contributed by atoms with Gasteiger partial charge >= 0.3 is 0 Å². The Morgan fingerprint density at radius 1 is 1.29 bits per heavy atom. The van der Waals surface area contributed by atoms with E-state index in [2.05, 4.69) is 61.6 Å². The van der Waals surface area contributed by atoms with E-state index in [0.29, 0.717) is 12.0 Å². The van der Waals surface area contributed by atoms with Crippen LogP contribution in [0.5, 0.6) is 0 Å². The molecule has 1 fully saturated rings. The summed E-state index contributed by atoms with van der Waals surface area (Å²) in [6.07, 6.45) is 6.55. The minimum absolute atomic E-state index is 0.237. The first-order valence-corrected chi connectivity index (χ1v) is 7.95. The van der Waals surface area contributed by atoms with E-state index in [0.717, 1.165) is 31.2 Å². The average molecular weight is 286 g/mol. The van der Waals surface area contributed by atoms with Gasteiger partial charge in [0.05, 0.1) is 11.8 Å². The zero-order valence-electron chi connectivity index (χ0n) is 13.5. The number of nitrogens with zero attached hydrogens (tertiary/aromatic N) is 2. The highest BCUT2D eigenvalue weighted by atomic mass is 15.3. The van der Waals surface area contributed by atoms with Gasteiger partial charge in [0.2, 0.25) is 0 Å². The lowest BCUT2D eigenvalue weighted by atomic mass is 9.95. The van der Waals surface area contributed by atoms with Gasteiger partial charge in [0, 0.05) is 31.9 Å². The fourth-order valence-corrected chi connectivity index (χ4v) is 3.05. The molecule has 2 heterocycles. The number of rotatable bonds is 2. The Labute approximate surface area is 127 Å². The maximum absolute atomic E-state index is 4.90. The van der Waals surface area contributed by atoms with E-state index in [1.165, 1.54) is 11.1 Å². The first-order chi connectivity index (χ1) is 10.0. The van der Waals surface area contributed by atoms with E-state index in [-0.39, 0.29) is 6.04 Å². The molecule has 3 aliphatic rings. The van der Waals surface area contributed by atoms with Crippen LogP contribution in [0.1, 0.15) is 27.7 Å². The van der Waals surface area contributed by atoms with E-state index >= 15 is 0 Å². The SMILES string of the molecule is CC1=CC2=NC(N3CCNC(C(C)C)C3)=CNC2C=C1C. The van der Waals surface area contributed by atoms with Crippen LogP contribution in [0.4, 0.5) is 0 Å². The molecule has 4 heteroatoms. The second kappa shape index (κ2) is 5.68. The summed E-state index contributed by atoms with van der Waals surface area (Å²) in [5.74, 6) is 1.72. The third-order valence-electron chi connectivity index (χ3n) is 4.69. The lowest BCUT2D eigenvalue weighted by Crippen LogP contribution is -2.53. The summed E-state index contributed by atoms with van der Waals surface area (Å²) in [7, 11) is 0. The molecular formula is C17H26N4. The smallest absolute Gasteiger partial charge is 0.144 e. The Morgan fingerprint density at radius 2 is 2.10 bits per heavy atom. The summed E-state index contributed by atoms with van der Waals surface area (Å²) in [4.78, 5) is 7.29. The van der Waals surface area contributed by atoms with Crippen molar-refractivity contribution in [2.45, 2.75) is 39.8 Å². The van der Waals surface area contributed by atoms with Crippen molar-refractivity contribution in [3.05, 3.63) is 35.3 Å². The van der Waals surface area contributed by atoms with Crippen molar-refractivity contribution in [1.29, 1.82) is 0 Å². The molecule has 4 nitrogen and oxygen atoms in total. The lowest BCUT2D eigenvalue weighted by molar-refractivity contribution is 0.210. The van der Waals surface area contributed by atoms with Crippen molar-refractivity contribution >= 4 is 5.71 Å². The fraction of sp³-hybridized carbons (Fsp3) is 0.588. The number of fused-ring (bicyclic) bond motifs is 1. The minimum atomic E-state index is 0.237. The molecule has 3 rings (SSSR count). The highest BCUT2D eigenvalue weighted by molar-refractivity contribution is 6.04. The molecule has 0 amide bonds. The Hall–Kier alpha value is -1.55. The van der Waals surface area contributed by atoms with Crippen LogP contribution in [0, 0.1) is 5.92 Å². The first-order valence-electron chi connectivity index (χ1n) is 7.95. The Bertz CT molecular complexity index is 539. The Morgan fingerprint density at radius 3 is 2.86 bits per heavy atom. The molecule has 2 N–H and O–H groups in total. The van der Waals surface area contributed by atoms with Crippen LogP contribution in [0.25, 0.3) is 0 Å². The largest absolute Gasteiger partial charge is 0.376 e. The first kappa shape index (κ1) is 14.4. The predicted molar refractivity (Wildman–Crippen MR) is 88.2 cm³/mol. The molecule has 0 spiro atoms. The molecule has 2 aliphatic heterocycles. The van der Waals surface area contributed by atoms with Crippen molar-refractivity contribution < 1.29 is 0 Å². The summed E-state index contributed by atoms with van der Waals surface area (Å²) in [5.41, 5.74) is 3.79. The van der Waals surface area contributed by atoms with Crippen LogP contribution >= 0.6 is 0 Å². The van der Waals surface area contributed by atoms with E-state index in [4.69, 9.17) is 4.99 Å². The Balaban J connectivity index is 1.76. The van der Waals surface area contributed by atoms with E-state index in [1.54, 1.807) is 0 Å². The van der Waals surface area contributed by atoms with Crippen molar-refractivity contribution in [3.63, 3.8) is 0 Å². The second-order valence-corrected chi connectivity index (χ2v) is 6.61. The topological polar surface area (TPSA) is 39.7 Å².